The Hall–Kier alpha value is -1.10. The van der Waals surface area contributed by atoms with Gasteiger partial charge in [0.05, 0.1) is 19.3 Å². The molecule has 1 unspecified atom stereocenters. The zero-order valence-corrected chi connectivity index (χ0v) is 12.8. The summed E-state index contributed by atoms with van der Waals surface area (Å²) < 4.78 is 5.34. The molecule has 1 aliphatic rings. The second kappa shape index (κ2) is 6.57. The summed E-state index contributed by atoms with van der Waals surface area (Å²) in [5.41, 5.74) is 2.20. The number of hydrogen-bond donors (Lipinski definition) is 2. The summed E-state index contributed by atoms with van der Waals surface area (Å²) in [4.78, 5) is 2.15. The van der Waals surface area contributed by atoms with E-state index in [1.165, 1.54) is 11.1 Å². The third-order valence-electron chi connectivity index (χ3n) is 4.17. The van der Waals surface area contributed by atoms with Crippen LogP contribution in [0.15, 0.2) is 18.2 Å². The molecule has 0 aromatic heterocycles. The lowest BCUT2D eigenvalue weighted by Crippen LogP contribution is -2.49. The lowest BCUT2D eigenvalue weighted by molar-refractivity contribution is 0.139. The molecule has 1 aromatic rings. The van der Waals surface area contributed by atoms with Gasteiger partial charge in [0, 0.05) is 13.1 Å². The molecule has 2 rings (SSSR count). The second-order valence-electron chi connectivity index (χ2n) is 5.85. The van der Waals surface area contributed by atoms with Gasteiger partial charge in [-0.15, -0.1) is 0 Å². The van der Waals surface area contributed by atoms with Gasteiger partial charge in [0.1, 0.15) is 5.75 Å². The fourth-order valence-electron chi connectivity index (χ4n) is 2.98. The number of aliphatic hydroxyl groups is 1. The highest BCUT2D eigenvalue weighted by Crippen LogP contribution is 2.37. The minimum Gasteiger partial charge on any atom is -0.497 e. The lowest BCUT2D eigenvalue weighted by Gasteiger charge is -2.39. The summed E-state index contributed by atoms with van der Waals surface area (Å²) in [6.45, 7) is 1.95. The van der Waals surface area contributed by atoms with E-state index < -0.39 is 0 Å². The van der Waals surface area contributed by atoms with E-state index in [1.807, 2.05) is 6.07 Å². The van der Waals surface area contributed by atoms with Gasteiger partial charge in [0.2, 0.25) is 0 Å². The van der Waals surface area contributed by atoms with Crippen LogP contribution in [-0.4, -0.2) is 50.9 Å². The average Bonchev–Trinajstić information content (AvgIpc) is 2.46. The Morgan fingerprint density at radius 3 is 2.85 bits per heavy atom. The third kappa shape index (κ3) is 3.14. The molecule has 0 saturated carbocycles. The fraction of sp³-hybridized carbons (Fsp3) is 0.625. The first kappa shape index (κ1) is 15.3. The molecule has 1 atom stereocenters. The predicted octanol–water partition coefficient (Wildman–Crippen LogP) is 1.37. The summed E-state index contributed by atoms with van der Waals surface area (Å²) in [5.74, 6) is 0.859. The molecule has 0 amide bonds. The van der Waals surface area contributed by atoms with E-state index in [1.54, 1.807) is 7.11 Å². The Kier molecular flexibility index (Phi) is 5.02. The predicted molar refractivity (Wildman–Crippen MR) is 81.3 cm³/mol. The fourth-order valence-corrected chi connectivity index (χ4v) is 2.98. The van der Waals surface area contributed by atoms with Crippen molar-refractivity contribution in [2.75, 3.05) is 40.9 Å². The van der Waals surface area contributed by atoms with Crippen LogP contribution in [0.5, 0.6) is 5.75 Å². The van der Waals surface area contributed by atoms with Crippen LogP contribution in [0.3, 0.4) is 0 Å². The number of hydrogen-bond acceptors (Lipinski definition) is 4. The topological polar surface area (TPSA) is 44.7 Å². The molecule has 0 bridgehead atoms. The molecule has 4 heteroatoms. The van der Waals surface area contributed by atoms with Crippen LogP contribution in [0.25, 0.3) is 0 Å². The lowest BCUT2D eigenvalue weighted by atomic mass is 9.76. The highest BCUT2D eigenvalue weighted by atomic mass is 16.5. The molecule has 0 saturated heterocycles. The molecule has 1 aromatic carbocycles. The number of nitrogens with zero attached hydrogens (tertiary/aromatic N) is 1. The van der Waals surface area contributed by atoms with Crippen molar-refractivity contribution in [1.29, 1.82) is 0 Å². The van der Waals surface area contributed by atoms with Crippen molar-refractivity contribution in [2.45, 2.75) is 24.8 Å². The number of benzene rings is 1. The van der Waals surface area contributed by atoms with Crippen LogP contribution in [0.4, 0.5) is 0 Å². The first-order chi connectivity index (χ1) is 9.61. The van der Waals surface area contributed by atoms with Gasteiger partial charge in [-0.2, -0.15) is 0 Å². The van der Waals surface area contributed by atoms with Crippen LogP contribution in [0, 0.1) is 0 Å². The van der Waals surface area contributed by atoms with Crippen LogP contribution in [0.2, 0.25) is 0 Å². The van der Waals surface area contributed by atoms with Gasteiger partial charge >= 0.3 is 0 Å². The summed E-state index contributed by atoms with van der Waals surface area (Å²) in [6.07, 6.45) is 3.16. The van der Waals surface area contributed by atoms with Crippen LogP contribution in [-0.2, 0) is 12.0 Å². The minimum atomic E-state index is -0.321. The highest BCUT2D eigenvalue weighted by Gasteiger charge is 2.35. The van der Waals surface area contributed by atoms with E-state index in [0.717, 1.165) is 38.1 Å². The zero-order chi connectivity index (χ0) is 14.6. The van der Waals surface area contributed by atoms with Crippen molar-refractivity contribution >= 4 is 0 Å². The van der Waals surface area contributed by atoms with E-state index in [2.05, 4.69) is 36.4 Å². The maximum atomic E-state index is 10.0. The van der Waals surface area contributed by atoms with Crippen molar-refractivity contribution in [3.8, 4) is 5.75 Å². The SMILES string of the molecule is COc1ccc2c(c1)C(CO)(NCCN(C)C)CCC2. The van der Waals surface area contributed by atoms with Crippen molar-refractivity contribution in [2.24, 2.45) is 0 Å². The first-order valence-electron chi connectivity index (χ1n) is 7.29. The van der Waals surface area contributed by atoms with E-state index in [9.17, 15) is 5.11 Å². The molecule has 0 aliphatic heterocycles. The van der Waals surface area contributed by atoms with Gasteiger partial charge < -0.3 is 20.1 Å². The zero-order valence-electron chi connectivity index (χ0n) is 12.8. The quantitative estimate of drug-likeness (QED) is 0.825. The van der Waals surface area contributed by atoms with E-state index in [4.69, 9.17) is 4.74 Å². The number of aliphatic hydroxyl groups excluding tert-OH is 1. The van der Waals surface area contributed by atoms with Gasteiger partial charge in [-0.3, -0.25) is 0 Å². The van der Waals surface area contributed by atoms with Crippen LogP contribution >= 0.6 is 0 Å². The number of rotatable bonds is 6. The average molecular weight is 278 g/mol. The van der Waals surface area contributed by atoms with Crippen molar-refractivity contribution in [3.05, 3.63) is 29.3 Å². The number of methoxy groups -OCH3 is 1. The van der Waals surface area contributed by atoms with Crippen LogP contribution in [0.1, 0.15) is 24.0 Å². The van der Waals surface area contributed by atoms with Crippen molar-refractivity contribution in [3.63, 3.8) is 0 Å². The van der Waals surface area contributed by atoms with Crippen molar-refractivity contribution < 1.29 is 9.84 Å². The number of nitrogens with one attached hydrogen (secondary N) is 1. The summed E-state index contributed by atoms with van der Waals surface area (Å²) in [7, 11) is 5.81. The maximum Gasteiger partial charge on any atom is 0.119 e. The Morgan fingerprint density at radius 1 is 1.40 bits per heavy atom. The first-order valence-corrected chi connectivity index (χ1v) is 7.29. The molecule has 1 aliphatic carbocycles. The molecule has 20 heavy (non-hydrogen) atoms. The summed E-state index contributed by atoms with van der Waals surface area (Å²) in [5, 5.41) is 13.6. The number of aryl methyl sites for hydroxylation is 1. The molecule has 0 fully saturated rings. The molecule has 0 spiro atoms. The molecular weight excluding hydrogens is 252 g/mol. The van der Waals surface area contributed by atoms with Crippen LogP contribution < -0.4 is 10.1 Å². The minimum absolute atomic E-state index is 0.126. The molecule has 112 valence electrons. The largest absolute Gasteiger partial charge is 0.497 e. The third-order valence-corrected chi connectivity index (χ3v) is 4.17. The van der Waals surface area contributed by atoms with Gasteiger partial charge in [-0.25, -0.2) is 0 Å². The smallest absolute Gasteiger partial charge is 0.119 e. The van der Waals surface area contributed by atoms with E-state index >= 15 is 0 Å². The van der Waals surface area contributed by atoms with Gasteiger partial charge in [-0.1, -0.05) is 6.07 Å². The summed E-state index contributed by atoms with van der Waals surface area (Å²) in [6, 6.07) is 6.21. The molecule has 0 radical (unpaired) electrons. The number of ether oxygens (including phenoxy) is 1. The Labute approximate surface area is 121 Å². The molecule has 2 N–H and O–H groups in total. The van der Waals surface area contributed by atoms with E-state index in [0.29, 0.717) is 0 Å². The van der Waals surface area contributed by atoms with Gasteiger partial charge in [0.15, 0.2) is 0 Å². The highest BCUT2D eigenvalue weighted by molar-refractivity contribution is 5.42. The maximum absolute atomic E-state index is 10.0. The van der Waals surface area contributed by atoms with Gasteiger partial charge in [0.25, 0.3) is 0 Å². The second-order valence-corrected chi connectivity index (χ2v) is 5.85. The molecule has 4 nitrogen and oxygen atoms in total. The number of likely N-dealkylation sites (N-methyl/N-ethyl adjacent to an activating group) is 1. The normalized spacial score (nSPS) is 21.9. The van der Waals surface area contributed by atoms with Gasteiger partial charge in [-0.05, 0) is 56.6 Å². The van der Waals surface area contributed by atoms with Crippen molar-refractivity contribution in [1.82, 2.24) is 10.2 Å². The number of fused-ring (bicyclic) bond motifs is 1. The molecule has 0 heterocycles. The Balaban J connectivity index is 2.26. The van der Waals surface area contributed by atoms with E-state index in [-0.39, 0.29) is 12.1 Å². The summed E-state index contributed by atoms with van der Waals surface area (Å²) >= 11 is 0. The monoisotopic (exact) mass is 278 g/mol. The Morgan fingerprint density at radius 2 is 2.20 bits per heavy atom. The molecular formula is C16H26N2O2. The Bertz CT molecular complexity index is 448. The standard InChI is InChI=1S/C16H26N2O2/c1-18(2)10-9-17-16(12-19)8-4-5-13-6-7-14(20-3)11-15(13)16/h6-7,11,17,19H,4-5,8-10,12H2,1-3H3.